The molecule has 6 N–H and O–H groups in total. The molecule has 0 fully saturated rings. The van der Waals surface area contributed by atoms with Gasteiger partial charge in [0.2, 0.25) is 5.91 Å². The van der Waals surface area contributed by atoms with Gasteiger partial charge in [-0.05, 0) is 12.1 Å². The largest absolute Gasteiger partial charge is 0.478 e. The highest BCUT2D eigenvalue weighted by molar-refractivity contribution is 6.03. The van der Waals surface area contributed by atoms with Crippen molar-refractivity contribution < 1.29 is 14.7 Å². The molecule has 13 heavy (non-hydrogen) atoms. The van der Waals surface area contributed by atoms with Crippen LogP contribution in [-0.2, 0) is 0 Å². The number of aromatic carboxylic acids is 1. The van der Waals surface area contributed by atoms with Crippen molar-refractivity contribution in [2.24, 2.45) is 5.73 Å². The van der Waals surface area contributed by atoms with E-state index >= 15 is 0 Å². The molecule has 0 radical (unpaired) electrons. The van der Waals surface area contributed by atoms with E-state index in [1.165, 1.54) is 18.2 Å². The Balaban J connectivity index is 0.00000144. The highest BCUT2D eigenvalue weighted by Gasteiger charge is 2.11. The summed E-state index contributed by atoms with van der Waals surface area (Å²) in [6.45, 7) is 0. The highest BCUT2D eigenvalue weighted by Crippen LogP contribution is 2.06. The van der Waals surface area contributed by atoms with E-state index in [0.717, 1.165) is 0 Å². The highest BCUT2D eigenvalue weighted by atomic mass is 16.4. The van der Waals surface area contributed by atoms with E-state index in [-0.39, 0.29) is 17.3 Å². The number of benzene rings is 1. The molecule has 1 aromatic carbocycles. The van der Waals surface area contributed by atoms with E-state index < -0.39 is 11.9 Å². The SMILES string of the molecule is N.NC(=O)c1ccccc1C(=O)O. The molecule has 0 aromatic heterocycles. The van der Waals surface area contributed by atoms with Gasteiger partial charge in [-0.15, -0.1) is 0 Å². The van der Waals surface area contributed by atoms with Crippen molar-refractivity contribution in [3.05, 3.63) is 35.4 Å². The Morgan fingerprint density at radius 2 is 1.62 bits per heavy atom. The summed E-state index contributed by atoms with van der Waals surface area (Å²) in [4.78, 5) is 21.2. The van der Waals surface area contributed by atoms with Crippen LogP contribution in [-0.4, -0.2) is 17.0 Å². The van der Waals surface area contributed by atoms with Crippen molar-refractivity contribution in [2.75, 3.05) is 0 Å². The molecule has 0 saturated heterocycles. The molecular weight excluding hydrogens is 172 g/mol. The molecule has 0 saturated carbocycles. The monoisotopic (exact) mass is 182 g/mol. The molecule has 5 heteroatoms. The molecule has 0 aliphatic rings. The number of hydrogen-bond acceptors (Lipinski definition) is 3. The van der Waals surface area contributed by atoms with Crippen LogP contribution in [0.5, 0.6) is 0 Å². The average molecular weight is 182 g/mol. The third-order valence-electron chi connectivity index (χ3n) is 1.42. The zero-order valence-electron chi connectivity index (χ0n) is 6.86. The fourth-order valence-corrected chi connectivity index (χ4v) is 0.884. The topological polar surface area (TPSA) is 115 Å². The maximum Gasteiger partial charge on any atom is 0.336 e. The molecule has 1 rings (SSSR count). The fraction of sp³-hybridized carbons (Fsp3) is 0. The minimum absolute atomic E-state index is 0. The van der Waals surface area contributed by atoms with Gasteiger partial charge in [-0.2, -0.15) is 0 Å². The van der Waals surface area contributed by atoms with Crippen molar-refractivity contribution in [1.82, 2.24) is 6.15 Å². The third kappa shape index (κ3) is 2.28. The van der Waals surface area contributed by atoms with Gasteiger partial charge in [0.15, 0.2) is 0 Å². The summed E-state index contributed by atoms with van der Waals surface area (Å²) in [6.07, 6.45) is 0. The first-order chi connectivity index (χ1) is 5.63. The van der Waals surface area contributed by atoms with Gasteiger partial charge in [-0.3, -0.25) is 4.79 Å². The predicted molar refractivity (Wildman–Crippen MR) is 46.9 cm³/mol. The quantitative estimate of drug-likeness (QED) is 0.622. The summed E-state index contributed by atoms with van der Waals surface area (Å²) in [6, 6.07) is 5.82. The van der Waals surface area contributed by atoms with Crippen LogP contribution >= 0.6 is 0 Å². The minimum Gasteiger partial charge on any atom is -0.478 e. The van der Waals surface area contributed by atoms with Crippen LogP contribution in [0.2, 0.25) is 0 Å². The number of rotatable bonds is 2. The minimum atomic E-state index is -1.15. The van der Waals surface area contributed by atoms with Crippen LogP contribution in [0.1, 0.15) is 20.7 Å². The van der Waals surface area contributed by atoms with E-state index in [1.54, 1.807) is 6.07 Å². The van der Waals surface area contributed by atoms with Crippen LogP contribution in [0.3, 0.4) is 0 Å². The van der Waals surface area contributed by atoms with E-state index in [4.69, 9.17) is 10.8 Å². The van der Waals surface area contributed by atoms with E-state index in [0.29, 0.717) is 0 Å². The van der Waals surface area contributed by atoms with Crippen LogP contribution in [0.25, 0.3) is 0 Å². The van der Waals surface area contributed by atoms with Crippen LogP contribution in [0.15, 0.2) is 24.3 Å². The van der Waals surface area contributed by atoms with Gasteiger partial charge in [0.1, 0.15) is 0 Å². The van der Waals surface area contributed by atoms with Crippen molar-refractivity contribution in [1.29, 1.82) is 0 Å². The Hall–Kier alpha value is -1.88. The van der Waals surface area contributed by atoms with Gasteiger partial charge in [0.05, 0.1) is 11.1 Å². The standard InChI is InChI=1S/C8H7NO3.H3N/c9-7(10)5-3-1-2-4-6(5)8(11)12;/h1-4H,(H2,9,10)(H,11,12);1H3. The summed E-state index contributed by atoms with van der Waals surface area (Å²) in [5, 5.41) is 8.61. The molecule has 0 heterocycles. The van der Waals surface area contributed by atoms with Gasteiger partial charge in [0.25, 0.3) is 0 Å². The van der Waals surface area contributed by atoms with Crippen LogP contribution in [0, 0.1) is 0 Å². The Bertz CT molecular complexity index is 303. The molecule has 0 bridgehead atoms. The Morgan fingerprint density at radius 3 is 1.92 bits per heavy atom. The lowest BCUT2D eigenvalue weighted by Gasteiger charge is -1.99. The van der Waals surface area contributed by atoms with E-state index in [9.17, 15) is 9.59 Å². The Kier molecular flexibility index (Phi) is 3.61. The zero-order valence-corrected chi connectivity index (χ0v) is 6.86. The summed E-state index contributed by atoms with van der Waals surface area (Å²) in [5.74, 6) is -1.88. The smallest absolute Gasteiger partial charge is 0.336 e. The summed E-state index contributed by atoms with van der Waals surface area (Å²) in [7, 11) is 0. The van der Waals surface area contributed by atoms with Gasteiger partial charge < -0.3 is 17.0 Å². The molecule has 1 aromatic rings. The first-order valence-corrected chi connectivity index (χ1v) is 3.25. The first-order valence-electron chi connectivity index (χ1n) is 3.25. The number of primary amides is 1. The fourth-order valence-electron chi connectivity index (χ4n) is 0.884. The van der Waals surface area contributed by atoms with Crippen molar-refractivity contribution in [3.63, 3.8) is 0 Å². The normalized spacial score (nSPS) is 8.62. The number of nitrogens with two attached hydrogens (primary N) is 1. The van der Waals surface area contributed by atoms with Crippen molar-refractivity contribution in [2.45, 2.75) is 0 Å². The van der Waals surface area contributed by atoms with Crippen molar-refractivity contribution in [3.8, 4) is 0 Å². The number of carbonyl (C=O) groups is 2. The van der Waals surface area contributed by atoms with Gasteiger partial charge in [-0.1, -0.05) is 12.1 Å². The average Bonchev–Trinajstić information content (AvgIpc) is 2.04. The van der Waals surface area contributed by atoms with Crippen LogP contribution < -0.4 is 11.9 Å². The second-order valence-corrected chi connectivity index (χ2v) is 2.21. The molecular formula is C8H10N2O3. The number of hydrogen-bond donors (Lipinski definition) is 3. The van der Waals surface area contributed by atoms with Crippen LogP contribution in [0.4, 0.5) is 0 Å². The predicted octanol–water partition coefficient (Wildman–Crippen LogP) is 0.646. The molecule has 0 spiro atoms. The second-order valence-electron chi connectivity index (χ2n) is 2.21. The lowest BCUT2D eigenvalue weighted by molar-refractivity contribution is 0.0692. The van der Waals surface area contributed by atoms with Gasteiger partial charge >= 0.3 is 5.97 Å². The Labute approximate surface area is 74.8 Å². The summed E-state index contributed by atoms with van der Waals surface area (Å²) in [5.41, 5.74) is 4.92. The molecule has 0 aliphatic carbocycles. The van der Waals surface area contributed by atoms with Gasteiger partial charge in [-0.25, -0.2) is 4.79 Å². The first kappa shape index (κ1) is 11.1. The molecule has 0 unspecified atom stereocenters. The molecule has 70 valence electrons. The lowest BCUT2D eigenvalue weighted by atomic mass is 10.1. The number of carboxylic acid groups (broad SMARTS) is 1. The third-order valence-corrected chi connectivity index (χ3v) is 1.42. The Morgan fingerprint density at radius 1 is 1.15 bits per heavy atom. The maximum atomic E-state index is 10.7. The number of amides is 1. The van der Waals surface area contributed by atoms with Gasteiger partial charge in [0, 0.05) is 0 Å². The molecule has 5 nitrogen and oxygen atoms in total. The molecule has 0 aliphatic heterocycles. The van der Waals surface area contributed by atoms with Crippen molar-refractivity contribution >= 4 is 11.9 Å². The summed E-state index contributed by atoms with van der Waals surface area (Å²) >= 11 is 0. The lowest BCUT2D eigenvalue weighted by Crippen LogP contribution is -2.15. The summed E-state index contributed by atoms with van der Waals surface area (Å²) < 4.78 is 0. The zero-order chi connectivity index (χ0) is 9.14. The number of carboxylic acids is 1. The van der Waals surface area contributed by atoms with E-state index in [1.807, 2.05) is 0 Å². The second kappa shape index (κ2) is 4.22. The number of carbonyl (C=O) groups excluding carboxylic acids is 1. The van der Waals surface area contributed by atoms with E-state index in [2.05, 4.69) is 0 Å². The molecule has 0 atom stereocenters. The maximum absolute atomic E-state index is 10.7. The molecule has 1 amide bonds.